The van der Waals surface area contributed by atoms with Crippen LogP contribution in [0.15, 0.2) is 36.4 Å². The van der Waals surface area contributed by atoms with Gasteiger partial charge in [0.1, 0.15) is 0 Å². The van der Waals surface area contributed by atoms with Crippen molar-refractivity contribution in [2.75, 3.05) is 11.9 Å². The molecule has 0 aliphatic heterocycles. The molecule has 0 fully saturated rings. The summed E-state index contributed by atoms with van der Waals surface area (Å²) in [5, 5.41) is 3.27. The van der Waals surface area contributed by atoms with E-state index < -0.39 is 0 Å². The van der Waals surface area contributed by atoms with Gasteiger partial charge in [0.2, 0.25) is 0 Å². The molecule has 0 atom stereocenters. The topological polar surface area (TPSA) is 29.1 Å². The average Bonchev–Trinajstić information content (AvgIpc) is 2.37. The molecule has 2 aromatic carbocycles. The first-order valence-corrected chi connectivity index (χ1v) is 6.89. The quantitative estimate of drug-likeness (QED) is 0.840. The zero-order chi connectivity index (χ0) is 14.7. The van der Waals surface area contributed by atoms with Gasteiger partial charge in [0, 0.05) is 11.3 Å². The first-order valence-electron chi connectivity index (χ1n) is 6.89. The van der Waals surface area contributed by atoms with E-state index in [0.29, 0.717) is 6.54 Å². The smallest absolute Gasteiger partial charge is 0.182 e. The lowest BCUT2D eigenvalue weighted by atomic mass is 10.0. The van der Waals surface area contributed by atoms with Crippen molar-refractivity contribution < 1.29 is 4.79 Å². The largest absolute Gasteiger partial charge is 0.377 e. The zero-order valence-electron chi connectivity index (χ0n) is 12.6. The minimum Gasteiger partial charge on any atom is -0.377 e. The second-order valence-electron chi connectivity index (χ2n) is 5.36. The molecule has 0 amide bonds. The molecule has 0 aliphatic carbocycles. The van der Waals surface area contributed by atoms with E-state index in [9.17, 15) is 4.79 Å². The number of anilines is 1. The summed E-state index contributed by atoms with van der Waals surface area (Å²) in [6.45, 7) is 8.46. The SMILES string of the molecule is Cc1ccc(C(=O)CNc2c(C)cccc2C)c(C)c1. The number of aryl methyl sites for hydroxylation is 4. The molecular weight excluding hydrogens is 246 g/mol. The maximum absolute atomic E-state index is 12.3. The molecule has 0 heterocycles. The predicted molar refractivity (Wildman–Crippen MR) is 84.7 cm³/mol. The number of benzene rings is 2. The van der Waals surface area contributed by atoms with E-state index in [4.69, 9.17) is 0 Å². The van der Waals surface area contributed by atoms with Crippen molar-refractivity contribution in [3.05, 3.63) is 64.2 Å². The molecule has 0 aliphatic rings. The number of Topliss-reactive ketones (excluding diaryl/α,β-unsaturated/α-hetero) is 1. The molecule has 0 saturated carbocycles. The summed E-state index contributed by atoms with van der Waals surface area (Å²) in [6, 6.07) is 12.1. The zero-order valence-corrected chi connectivity index (χ0v) is 12.6. The maximum Gasteiger partial charge on any atom is 0.182 e. The summed E-state index contributed by atoms with van der Waals surface area (Å²) in [6.07, 6.45) is 0. The monoisotopic (exact) mass is 267 g/mol. The summed E-state index contributed by atoms with van der Waals surface area (Å²) in [5.74, 6) is 0.130. The molecule has 20 heavy (non-hydrogen) atoms. The fourth-order valence-electron chi connectivity index (χ4n) is 2.48. The Balaban J connectivity index is 2.13. The van der Waals surface area contributed by atoms with Crippen LogP contribution in [0.25, 0.3) is 0 Å². The highest BCUT2D eigenvalue weighted by Gasteiger charge is 2.10. The summed E-state index contributed by atoms with van der Waals surface area (Å²) < 4.78 is 0. The van der Waals surface area contributed by atoms with Gasteiger partial charge in [-0.1, -0.05) is 42.0 Å². The Morgan fingerprint density at radius 3 is 2.20 bits per heavy atom. The van der Waals surface area contributed by atoms with Gasteiger partial charge in [-0.15, -0.1) is 0 Å². The minimum absolute atomic E-state index is 0.130. The standard InChI is InChI=1S/C18H21NO/c1-12-8-9-16(15(4)10-12)17(20)11-19-18-13(2)6-5-7-14(18)3/h5-10,19H,11H2,1-4H3. The van der Waals surface area contributed by atoms with Gasteiger partial charge in [0.25, 0.3) is 0 Å². The van der Waals surface area contributed by atoms with Crippen LogP contribution in [-0.2, 0) is 0 Å². The summed E-state index contributed by atoms with van der Waals surface area (Å²) in [4.78, 5) is 12.3. The predicted octanol–water partition coefficient (Wildman–Crippen LogP) is 4.22. The van der Waals surface area contributed by atoms with E-state index >= 15 is 0 Å². The van der Waals surface area contributed by atoms with E-state index in [1.165, 1.54) is 16.7 Å². The van der Waals surface area contributed by atoms with Crippen molar-refractivity contribution in [2.24, 2.45) is 0 Å². The van der Waals surface area contributed by atoms with Gasteiger partial charge < -0.3 is 5.32 Å². The molecule has 0 spiro atoms. The van der Waals surface area contributed by atoms with Crippen molar-refractivity contribution in [1.29, 1.82) is 0 Å². The molecule has 0 aromatic heterocycles. The molecular formula is C18H21NO. The van der Waals surface area contributed by atoms with Gasteiger partial charge in [-0.25, -0.2) is 0 Å². The van der Waals surface area contributed by atoms with Gasteiger partial charge >= 0.3 is 0 Å². The molecule has 0 unspecified atom stereocenters. The lowest BCUT2D eigenvalue weighted by molar-refractivity contribution is 0.101. The van der Waals surface area contributed by atoms with Crippen LogP contribution in [0, 0.1) is 27.7 Å². The number of para-hydroxylation sites is 1. The third kappa shape index (κ3) is 3.08. The van der Waals surface area contributed by atoms with Gasteiger partial charge in [-0.3, -0.25) is 4.79 Å². The van der Waals surface area contributed by atoms with Gasteiger partial charge in [-0.05, 0) is 44.4 Å². The van der Waals surface area contributed by atoms with Crippen LogP contribution in [0.5, 0.6) is 0 Å². The third-order valence-electron chi connectivity index (χ3n) is 3.59. The molecule has 1 N–H and O–H groups in total. The molecule has 2 rings (SSSR count). The van der Waals surface area contributed by atoms with Crippen LogP contribution in [-0.4, -0.2) is 12.3 Å². The highest BCUT2D eigenvalue weighted by molar-refractivity contribution is 6.00. The maximum atomic E-state index is 12.3. The first-order chi connectivity index (χ1) is 9.49. The molecule has 0 radical (unpaired) electrons. The van der Waals surface area contributed by atoms with Crippen molar-refractivity contribution in [1.82, 2.24) is 0 Å². The Bertz CT molecular complexity index is 624. The van der Waals surface area contributed by atoms with E-state index in [1.54, 1.807) is 0 Å². The van der Waals surface area contributed by atoms with E-state index in [2.05, 4.69) is 31.3 Å². The van der Waals surface area contributed by atoms with Gasteiger partial charge in [0.05, 0.1) is 6.54 Å². The lowest BCUT2D eigenvalue weighted by Crippen LogP contribution is -2.16. The first kappa shape index (κ1) is 14.3. The van der Waals surface area contributed by atoms with Gasteiger partial charge in [-0.2, -0.15) is 0 Å². The average molecular weight is 267 g/mol. The van der Waals surface area contributed by atoms with Crippen LogP contribution in [0.4, 0.5) is 5.69 Å². The Morgan fingerprint density at radius 2 is 1.60 bits per heavy atom. The number of carbonyl (C=O) groups excluding carboxylic acids is 1. The lowest BCUT2D eigenvalue weighted by Gasteiger charge is -2.13. The molecule has 2 heteroatoms. The number of hydrogen-bond donors (Lipinski definition) is 1. The Hall–Kier alpha value is -2.09. The van der Waals surface area contributed by atoms with Gasteiger partial charge in [0.15, 0.2) is 5.78 Å². The summed E-state index contributed by atoms with van der Waals surface area (Å²) in [5.41, 5.74) is 6.41. The molecule has 2 nitrogen and oxygen atoms in total. The van der Waals surface area contributed by atoms with Crippen LogP contribution in [0.2, 0.25) is 0 Å². The Morgan fingerprint density at radius 1 is 0.950 bits per heavy atom. The van der Waals surface area contributed by atoms with Crippen molar-refractivity contribution in [2.45, 2.75) is 27.7 Å². The minimum atomic E-state index is 0.130. The second kappa shape index (κ2) is 5.91. The van der Waals surface area contributed by atoms with Crippen LogP contribution in [0.3, 0.4) is 0 Å². The van der Waals surface area contributed by atoms with Crippen LogP contribution < -0.4 is 5.32 Å². The highest BCUT2D eigenvalue weighted by Crippen LogP contribution is 2.19. The number of hydrogen-bond acceptors (Lipinski definition) is 2. The van der Waals surface area contributed by atoms with E-state index in [-0.39, 0.29) is 5.78 Å². The molecule has 0 saturated heterocycles. The summed E-state index contributed by atoms with van der Waals surface area (Å²) in [7, 11) is 0. The highest BCUT2D eigenvalue weighted by atomic mass is 16.1. The normalized spacial score (nSPS) is 10.4. The fourth-order valence-corrected chi connectivity index (χ4v) is 2.48. The summed E-state index contributed by atoms with van der Waals surface area (Å²) >= 11 is 0. The molecule has 104 valence electrons. The van der Waals surface area contributed by atoms with Crippen LogP contribution in [0.1, 0.15) is 32.6 Å². The van der Waals surface area contributed by atoms with E-state index in [0.717, 1.165) is 16.8 Å². The number of rotatable bonds is 4. The van der Waals surface area contributed by atoms with E-state index in [1.807, 2.05) is 38.1 Å². The molecule has 0 bridgehead atoms. The second-order valence-corrected chi connectivity index (χ2v) is 5.36. The van der Waals surface area contributed by atoms with Crippen molar-refractivity contribution in [3.63, 3.8) is 0 Å². The Labute approximate surface area is 120 Å². The number of nitrogens with one attached hydrogen (secondary N) is 1. The Kier molecular flexibility index (Phi) is 4.23. The number of ketones is 1. The van der Waals surface area contributed by atoms with Crippen LogP contribution >= 0.6 is 0 Å². The van der Waals surface area contributed by atoms with Crippen molar-refractivity contribution in [3.8, 4) is 0 Å². The fraction of sp³-hybridized carbons (Fsp3) is 0.278. The number of carbonyl (C=O) groups is 1. The van der Waals surface area contributed by atoms with Crippen molar-refractivity contribution >= 4 is 11.5 Å². The third-order valence-corrected chi connectivity index (χ3v) is 3.59. The molecule has 2 aromatic rings.